The lowest BCUT2D eigenvalue weighted by atomic mass is 10.2. The summed E-state index contributed by atoms with van der Waals surface area (Å²) in [6, 6.07) is 7.66. The van der Waals surface area contributed by atoms with Crippen molar-refractivity contribution in [1.82, 2.24) is 15.0 Å². The number of anilines is 1. The second-order valence-corrected chi connectivity index (χ2v) is 3.43. The standard InChI is InChI=1S/C12H14N4O2/c1-3-18-9-7-5-4-6-8(9)10-14-11(13)16-12(15-10)17-2/h4-7H,3H2,1-2H3,(H2,13,14,15,16). The molecule has 0 aliphatic carbocycles. The highest BCUT2D eigenvalue weighted by Gasteiger charge is 2.11. The number of hydrogen-bond acceptors (Lipinski definition) is 6. The Kier molecular flexibility index (Phi) is 3.57. The summed E-state index contributed by atoms with van der Waals surface area (Å²) in [4.78, 5) is 12.1. The molecular formula is C12H14N4O2. The number of benzene rings is 1. The molecule has 0 spiro atoms. The van der Waals surface area contributed by atoms with Gasteiger partial charge in [-0.3, -0.25) is 0 Å². The number of methoxy groups -OCH3 is 1. The molecule has 0 amide bonds. The van der Waals surface area contributed by atoms with Crippen LogP contribution in [0, 0.1) is 0 Å². The van der Waals surface area contributed by atoms with E-state index in [1.165, 1.54) is 7.11 Å². The molecule has 2 rings (SSSR count). The van der Waals surface area contributed by atoms with Crippen molar-refractivity contribution >= 4 is 5.95 Å². The molecule has 0 saturated heterocycles. The smallest absolute Gasteiger partial charge is 0.321 e. The van der Waals surface area contributed by atoms with Crippen LogP contribution in [0.3, 0.4) is 0 Å². The summed E-state index contributed by atoms with van der Waals surface area (Å²) in [6.07, 6.45) is 0. The van der Waals surface area contributed by atoms with Crippen LogP contribution in [0.5, 0.6) is 11.8 Å². The molecule has 0 radical (unpaired) electrons. The molecule has 94 valence electrons. The van der Waals surface area contributed by atoms with Crippen molar-refractivity contribution in [3.05, 3.63) is 24.3 Å². The average Bonchev–Trinajstić information content (AvgIpc) is 2.39. The van der Waals surface area contributed by atoms with Gasteiger partial charge in [0.25, 0.3) is 0 Å². The largest absolute Gasteiger partial charge is 0.493 e. The zero-order chi connectivity index (χ0) is 13.0. The minimum absolute atomic E-state index is 0.114. The van der Waals surface area contributed by atoms with Gasteiger partial charge in [-0.15, -0.1) is 0 Å². The first kappa shape index (κ1) is 12.1. The van der Waals surface area contributed by atoms with Crippen LogP contribution in [-0.4, -0.2) is 28.7 Å². The van der Waals surface area contributed by atoms with Gasteiger partial charge in [-0.1, -0.05) is 12.1 Å². The molecule has 2 aromatic rings. The lowest BCUT2D eigenvalue weighted by Gasteiger charge is -2.09. The van der Waals surface area contributed by atoms with Crippen LogP contribution < -0.4 is 15.2 Å². The van der Waals surface area contributed by atoms with Gasteiger partial charge in [0.2, 0.25) is 5.95 Å². The van der Waals surface area contributed by atoms with E-state index >= 15 is 0 Å². The van der Waals surface area contributed by atoms with Crippen LogP contribution in [0.15, 0.2) is 24.3 Å². The molecule has 6 heteroatoms. The average molecular weight is 246 g/mol. The normalized spacial score (nSPS) is 10.1. The third-order valence-corrected chi connectivity index (χ3v) is 2.24. The Bertz CT molecular complexity index is 545. The van der Waals surface area contributed by atoms with Gasteiger partial charge in [-0.05, 0) is 19.1 Å². The maximum Gasteiger partial charge on any atom is 0.321 e. The number of aromatic nitrogens is 3. The maximum atomic E-state index is 5.61. The van der Waals surface area contributed by atoms with Gasteiger partial charge in [-0.2, -0.15) is 15.0 Å². The highest BCUT2D eigenvalue weighted by molar-refractivity contribution is 5.64. The van der Waals surface area contributed by atoms with E-state index in [4.69, 9.17) is 15.2 Å². The number of para-hydroxylation sites is 1. The van der Waals surface area contributed by atoms with Gasteiger partial charge < -0.3 is 15.2 Å². The van der Waals surface area contributed by atoms with Gasteiger partial charge >= 0.3 is 6.01 Å². The third kappa shape index (κ3) is 2.48. The molecule has 0 atom stereocenters. The zero-order valence-corrected chi connectivity index (χ0v) is 10.3. The van der Waals surface area contributed by atoms with Crippen LogP contribution in [0.2, 0.25) is 0 Å². The lowest BCUT2D eigenvalue weighted by molar-refractivity contribution is 0.341. The van der Waals surface area contributed by atoms with Gasteiger partial charge in [0.15, 0.2) is 5.82 Å². The Hall–Kier alpha value is -2.37. The van der Waals surface area contributed by atoms with Gasteiger partial charge in [0.1, 0.15) is 5.75 Å². The van der Waals surface area contributed by atoms with Crippen LogP contribution in [0.25, 0.3) is 11.4 Å². The van der Waals surface area contributed by atoms with E-state index in [0.29, 0.717) is 18.2 Å². The fourth-order valence-electron chi connectivity index (χ4n) is 1.52. The summed E-state index contributed by atoms with van der Waals surface area (Å²) in [5, 5.41) is 0. The first-order valence-corrected chi connectivity index (χ1v) is 5.52. The predicted molar refractivity (Wildman–Crippen MR) is 67.4 cm³/mol. The highest BCUT2D eigenvalue weighted by Crippen LogP contribution is 2.28. The Morgan fingerprint density at radius 2 is 1.94 bits per heavy atom. The first-order valence-electron chi connectivity index (χ1n) is 5.52. The second kappa shape index (κ2) is 5.31. The molecule has 6 nitrogen and oxygen atoms in total. The van der Waals surface area contributed by atoms with E-state index in [1.54, 1.807) is 0 Å². The number of nitrogens with two attached hydrogens (primary N) is 1. The Morgan fingerprint density at radius 3 is 2.67 bits per heavy atom. The molecular weight excluding hydrogens is 232 g/mol. The van der Waals surface area contributed by atoms with E-state index < -0.39 is 0 Å². The lowest BCUT2D eigenvalue weighted by Crippen LogP contribution is -2.03. The van der Waals surface area contributed by atoms with Crippen molar-refractivity contribution in [1.29, 1.82) is 0 Å². The van der Waals surface area contributed by atoms with Gasteiger partial charge in [0.05, 0.1) is 19.3 Å². The molecule has 0 unspecified atom stereocenters. The fraction of sp³-hybridized carbons (Fsp3) is 0.250. The molecule has 0 fully saturated rings. The molecule has 18 heavy (non-hydrogen) atoms. The van der Waals surface area contributed by atoms with Crippen molar-refractivity contribution in [3.63, 3.8) is 0 Å². The quantitative estimate of drug-likeness (QED) is 0.880. The molecule has 0 saturated carbocycles. The number of rotatable bonds is 4. The molecule has 0 bridgehead atoms. The van der Waals surface area contributed by atoms with Crippen LogP contribution in [-0.2, 0) is 0 Å². The summed E-state index contributed by atoms with van der Waals surface area (Å²) < 4.78 is 10.5. The van der Waals surface area contributed by atoms with E-state index in [0.717, 1.165) is 5.56 Å². The predicted octanol–water partition coefficient (Wildman–Crippen LogP) is 1.53. The Balaban J connectivity index is 2.50. The van der Waals surface area contributed by atoms with Crippen molar-refractivity contribution in [3.8, 4) is 23.1 Å². The monoisotopic (exact) mass is 246 g/mol. The van der Waals surface area contributed by atoms with E-state index in [9.17, 15) is 0 Å². The highest BCUT2D eigenvalue weighted by atomic mass is 16.5. The van der Waals surface area contributed by atoms with Crippen molar-refractivity contribution in [2.75, 3.05) is 19.5 Å². The van der Waals surface area contributed by atoms with Gasteiger partial charge in [0, 0.05) is 0 Å². The van der Waals surface area contributed by atoms with Crippen LogP contribution in [0.4, 0.5) is 5.95 Å². The van der Waals surface area contributed by atoms with E-state index in [1.807, 2.05) is 31.2 Å². The molecule has 1 aromatic carbocycles. The van der Waals surface area contributed by atoms with Crippen LogP contribution in [0.1, 0.15) is 6.92 Å². The summed E-state index contributed by atoms with van der Waals surface area (Å²) in [5.74, 6) is 1.25. The minimum Gasteiger partial charge on any atom is -0.493 e. The van der Waals surface area contributed by atoms with Crippen molar-refractivity contribution in [2.45, 2.75) is 6.92 Å². The van der Waals surface area contributed by atoms with Gasteiger partial charge in [-0.25, -0.2) is 0 Å². The molecule has 1 heterocycles. The molecule has 0 aliphatic heterocycles. The summed E-state index contributed by atoms with van der Waals surface area (Å²) in [7, 11) is 1.48. The number of ether oxygens (including phenoxy) is 2. The van der Waals surface area contributed by atoms with Crippen molar-refractivity contribution in [2.24, 2.45) is 0 Å². The summed E-state index contributed by atoms with van der Waals surface area (Å²) in [5.41, 5.74) is 6.37. The molecule has 2 N–H and O–H groups in total. The number of nitrogen functional groups attached to an aromatic ring is 1. The minimum atomic E-state index is 0.114. The number of hydrogen-bond donors (Lipinski definition) is 1. The Labute approximate surface area is 105 Å². The van der Waals surface area contributed by atoms with Crippen molar-refractivity contribution < 1.29 is 9.47 Å². The van der Waals surface area contributed by atoms with Crippen LogP contribution >= 0.6 is 0 Å². The first-order chi connectivity index (χ1) is 8.74. The summed E-state index contributed by atoms with van der Waals surface area (Å²) in [6.45, 7) is 2.48. The van der Waals surface area contributed by atoms with E-state index in [2.05, 4.69) is 15.0 Å². The third-order valence-electron chi connectivity index (χ3n) is 2.24. The summed E-state index contributed by atoms with van der Waals surface area (Å²) >= 11 is 0. The SMILES string of the molecule is CCOc1ccccc1-c1nc(N)nc(OC)n1. The van der Waals surface area contributed by atoms with E-state index in [-0.39, 0.29) is 12.0 Å². The topological polar surface area (TPSA) is 83.2 Å². The molecule has 0 aliphatic rings. The maximum absolute atomic E-state index is 5.61. The molecule has 1 aromatic heterocycles. The fourth-order valence-corrected chi connectivity index (χ4v) is 1.52. The zero-order valence-electron chi connectivity index (χ0n) is 10.3. The second-order valence-electron chi connectivity index (χ2n) is 3.43. The Morgan fingerprint density at radius 1 is 1.17 bits per heavy atom. The number of nitrogens with zero attached hydrogens (tertiary/aromatic N) is 3.